The van der Waals surface area contributed by atoms with E-state index < -0.39 is 5.54 Å². The third-order valence-electron chi connectivity index (χ3n) is 5.51. The van der Waals surface area contributed by atoms with Crippen LogP contribution in [0.3, 0.4) is 0 Å². The van der Waals surface area contributed by atoms with E-state index in [1.807, 2.05) is 13.0 Å². The predicted molar refractivity (Wildman–Crippen MR) is 108 cm³/mol. The first-order valence-corrected chi connectivity index (χ1v) is 9.56. The fourth-order valence-electron chi connectivity index (χ4n) is 4.13. The number of hydrogen-bond donors (Lipinski definition) is 2. The van der Waals surface area contributed by atoms with Crippen LogP contribution in [0, 0.1) is 5.82 Å². The minimum atomic E-state index is -0.485. The predicted octanol–water partition coefficient (Wildman–Crippen LogP) is 3.78. The molecule has 0 aliphatic carbocycles. The van der Waals surface area contributed by atoms with Gasteiger partial charge in [-0.15, -0.1) is 12.4 Å². The fourth-order valence-corrected chi connectivity index (χ4v) is 4.13. The van der Waals surface area contributed by atoms with E-state index in [0.29, 0.717) is 17.9 Å². The van der Waals surface area contributed by atoms with Gasteiger partial charge in [0.15, 0.2) is 0 Å². The summed E-state index contributed by atoms with van der Waals surface area (Å²) < 4.78 is 19.9. The molecule has 1 aromatic heterocycles. The Morgan fingerprint density at radius 2 is 2.14 bits per heavy atom. The molecule has 1 amide bonds. The molecule has 1 aromatic carbocycles. The number of nitrogens with zero attached hydrogens (tertiary/aromatic N) is 1. The molecule has 0 bridgehead atoms. The first-order chi connectivity index (χ1) is 13.1. The number of aromatic nitrogens is 1. The summed E-state index contributed by atoms with van der Waals surface area (Å²) >= 11 is 0. The van der Waals surface area contributed by atoms with Gasteiger partial charge in [0.05, 0.1) is 23.9 Å². The molecule has 2 atom stereocenters. The number of halogens is 2. The van der Waals surface area contributed by atoms with E-state index in [-0.39, 0.29) is 30.2 Å². The molecular weight excluding hydrogens is 381 g/mol. The zero-order valence-corrected chi connectivity index (χ0v) is 16.7. The van der Waals surface area contributed by atoms with Crippen molar-refractivity contribution in [2.45, 2.75) is 44.2 Å². The molecule has 4 rings (SSSR count). The lowest BCUT2D eigenvalue weighted by atomic mass is 9.88. The third kappa shape index (κ3) is 3.84. The van der Waals surface area contributed by atoms with Crippen LogP contribution in [0.15, 0.2) is 36.5 Å². The van der Waals surface area contributed by atoms with Crippen molar-refractivity contribution in [1.29, 1.82) is 0 Å². The largest absolute Gasteiger partial charge is 0.494 e. The Kier molecular flexibility index (Phi) is 6.20. The van der Waals surface area contributed by atoms with Gasteiger partial charge in [0.2, 0.25) is 5.91 Å². The van der Waals surface area contributed by atoms with Gasteiger partial charge >= 0.3 is 0 Å². The average molecular weight is 406 g/mol. The molecular formula is C21H25ClFN3O2. The molecule has 5 nitrogen and oxygen atoms in total. The molecule has 0 unspecified atom stereocenters. The van der Waals surface area contributed by atoms with Crippen molar-refractivity contribution in [3.63, 3.8) is 0 Å². The van der Waals surface area contributed by atoms with Crippen LogP contribution in [-0.4, -0.2) is 29.6 Å². The lowest BCUT2D eigenvalue weighted by Crippen LogP contribution is -2.57. The van der Waals surface area contributed by atoms with Crippen LogP contribution >= 0.6 is 12.4 Å². The van der Waals surface area contributed by atoms with Crippen molar-refractivity contribution in [2.75, 3.05) is 13.2 Å². The number of carbonyl (C=O) groups excluding carboxylic acids is 1. The Bertz CT molecular complexity index is 863. The molecule has 7 heteroatoms. The van der Waals surface area contributed by atoms with Gasteiger partial charge in [0, 0.05) is 18.3 Å². The summed E-state index contributed by atoms with van der Waals surface area (Å²) in [5, 5.41) is 6.47. The molecule has 150 valence electrons. The van der Waals surface area contributed by atoms with Crippen LogP contribution in [0.1, 0.15) is 44.3 Å². The lowest BCUT2D eigenvalue weighted by Gasteiger charge is -2.33. The van der Waals surface area contributed by atoms with Crippen LogP contribution in [0.25, 0.3) is 11.1 Å². The van der Waals surface area contributed by atoms with E-state index in [4.69, 9.17) is 4.74 Å². The van der Waals surface area contributed by atoms with E-state index in [2.05, 4.69) is 15.6 Å². The monoisotopic (exact) mass is 405 g/mol. The standard InChI is InChI=1S/C21H24FN3O2.ClH/c1-2-27-15-4-5-17(22)16(13-15)14-7-11-23-19(12-14)18-6-9-21(25-18)8-3-10-24-20(21)26;/h4-5,7,11-13,18,25H,2-3,6,8-10H2,1H3,(H,24,26);1H/t18-,21+;/m0./s1. The Labute approximate surface area is 170 Å². The van der Waals surface area contributed by atoms with E-state index in [1.54, 1.807) is 24.4 Å². The SMILES string of the molecule is CCOc1ccc(F)c(-c2ccnc([C@@H]3CC[C@@]4(CCCNC4=O)N3)c2)c1.Cl. The Morgan fingerprint density at radius 1 is 1.29 bits per heavy atom. The highest BCUT2D eigenvalue weighted by atomic mass is 35.5. The van der Waals surface area contributed by atoms with E-state index in [1.165, 1.54) is 6.07 Å². The second-order valence-corrected chi connectivity index (χ2v) is 7.22. The number of amides is 1. The number of benzene rings is 1. The highest BCUT2D eigenvalue weighted by Crippen LogP contribution is 2.37. The van der Waals surface area contributed by atoms with Crippen LogP contribution in [0.5, 0.6) is 5.75 Å². The smallest absolute Gasteiger partial charge is 0.240 e. The van der Waals surface area contributed by atoms with Crippen molar-refractivity contribution in [3.05, 3.63) is 48.0 Å². The molecule has 2 aromatic rings. The quantitative estimate of drug-likeness (QED) is 0.812. The molecule has 2 N–H and O–H groups in total. The van der Waals surface area contributed by atoms with Gasteiger partial charge in [-0.1, -0.05) is 0 Å². The molecule has 1 spiro atoms. The molecule has 0 saturated carbocycles. The minimum Gasteiger partial charge on any atom is -0.494 e. The van der Waals surface area contributed by atoms with Crippen LogP contribution in [0.4, 0.5) is 4.39 Å². The van der Waals surface area contributed by atoms with Gasteiger partial charge in [-0.2, -0.15) is 0 Å². The Hall–Kier alpha value is -2.18. The number of ether oxygens (including phenoxy) is 1. The van der Waals surface area contributed by atoms with Crippen molar-refractivity contribution in [3.8, 4) is 16.9 Å². The lowest BCUT2D eigenvalue weighted by molar-refractivity contribution is -0.129. The van der Waals surface area contributed by atoms with Gasteiger partial charge in [0.25, 0.3) is 0 Å². The van der Waals surface area contributed by atoms with Crippen molar-refractivity contribution in [2.24, 2.45) is 0 Å². The zero-order valence-electron chi connectivity index (χ0n) is 15.8. The number of pyridine rings is 1. The van der Waals surface area contributed by atoms with Gasteiger partial charge in [0.1, 0.15) is 11.6 Å². The maximum absolute atomic E-state index is 14.4. The van der Waals surface area contributed by atoms with E-state index in [9.17, 15) is 9.18 Å². The summed E-state index contributed by atoms with van der Waals surface area (Å²) in [7, 11) is 0. The van der Waals surface area contributed by atoms with Crippen LogP contribution in [0.2, 0.25) is 0 Å². The van der Waals surface area contributed by atoms with Gasteiger partial charge in [-0.3, -0.25) is 15.1 Å². The zero-order chi connectivity index (χ0) is 18.9. The van der Waals surface area contributed by atoms with E-state index in [0.717, 1.165) is 43.5 Å². The fraction of sp³-hybridized carbons (Fsp3) is 0.429. The normalized spacial score (nSPS) is 23.9. The topological polar surface area (TPSA) is 63.2 Å². The summed E-state index contributed by atoms with van der Waals surface area (Å²) in [4.78, 5) is 16.9. The summed E-state index contributed by atoms with van der Waals surface area (Å²) in [6, 6.07) is 8.48. The maximum atomic E-state index is 14.4. The highest BCUT2D eigenvalue weighted by molar-refractivity contribution is 5.87. The van der Waals surface area contributed by atoms with Crippen molar-refractivity contribution in [1.82, 2.24) is 15.6 Å². The molecule has 0 radical (unpaired) electrons. The van der Waals surface area contributed by atoms with Crippen LogP contribution < -0.4 is 15.4 Å². The third-order valence-corrected chi connectivity index (χ3v) is 5.51. The molecule has 2 aliphatic rings. The Balaban J connectivity index is 0.00000225. The number of piperidine rings is 1. The first kappa shape index (κ1) is 20.6. The number of rotatable bonds is 4. The second kappa shape index (κ2) is 8.45. The maximum Gasteiger partial charge on any atom is 0.240 e. The van der Waals surface area contributed by atoms with Crippen molar-refractivity contribution < 1.29 is 13.9 Å². The Morgan fingerprint density at radius 3 is 2.93 bits per heavy atom. The molecule has 2 saturated heterocycles. The molecule has 28 heavy (non-hydrogen) atoms. The average Bonchev–Trinajstić information content (AvgIpc) is 3.11. The highest BCUT2D eigenvalue weighted by Gasteiger charge is 2.46. The minimum absolute atomic E-state index is 0. The van der Waals surface area contributed by atoms with Gasteiger partial charge in [-0.25, -0.2) is 4.39 Å². The van der Waals surface area contributed by atoms with Crippen molar-refractivity contribution >= 4 is 18.3 Å². The summed E-state index contributed by atoms with van der Waals surface area (Å²) in [5.74, 6) is 0.435. The summed E-state index contributed by atoms with van der Waals surface area (Å²) in [5.41, 5.74) is 1.60. The van der Waals surface area contributed by atoms with E-state index >= 15 is 0 Å². The van der Waals surface area contributed by atoms with Gasteiger partial charge < -0.3 is 10.1 Å². The van der Waals surface area contributed by atoms with Gasteiger partial charge in [-0.05, 0) is 68.5 Å². The summed E-state index contributed by atoms with van der Waals surface area (Å²) in [6.45, 7) is 3.18. The number of hydrogen-bond acceptors (Lipinski definition) is 4. The number of nitrogens with one attached hydrogen (secondary N) is 2. The number of carbonyl (C=O) groups is 1. The molecule has 2 fully saturated rings. The summed E-state index contributed by atoms with van der Waals surface area (Å²) in [6.07, 6.45) is 5.16. The van der Waals surface area contributed by atoms with Crippen LogP contribution in [-0.2, 0) is 4.79 Å². The first-order valence-electron chi connectivity index (χ1n) is 9.56. The second-order valence-electron chi connectivity index (χ2n) is 7.22. The molecule has 3 heterocycles. The molecule has 2 aliphatic heterocycles.